The average Bonchev–Trinajstić information content (AvgIpc) is 2.82. The molecule has 1 aromatic heterocycles. The van der Waals surface area contributed by atoms with Gasteiger partial charge in [-0.1, -0.05) is 18.5 Å². The Morgan fingerprint density at radius 2 is 2.12 bits per heavy atom. The van der Waals surface area contributed by atoms with Crippen molar-refractivity contribution in [2.45, 2.75) is 26.6 Å². The highest BCUT2D eigenvalue weighted by Crippen LogP contribution is 2.22. The predicted octanol–water partition coefficient (Wildman–Crippen LogP) is 2.89. The zero-order valence-electron chi connectivity index (χ0n) is 14.9. The zero-order chi connectivity index (χ0) is 18.4. The number of methoxy groups -OCH3 is 1. The predicted molar refractivity (Wildman–Crippen MR) is 104 cm³/mol. The molecule has 1 aromatic carbocycles. The summed E-state index contributed by atoms with van der Waals surface area (Å²) < 4.78 is 9.91. The number of imidazole rings is 1. The molecule has 0 bridgehead atoms. The van der Waals surface area contributed by atoms with Crippen molar-refractivity contribution in [2.75, 3.05) is 33.9 Å². The van der Waals surface area contributed by atoms with E-state index >= 15 is 0 Å². The van der Waals surface area contributed by atoms with Crippen LogP contribution in [0.5, 0.6) is 0 Å². The van der Waals surface area contributed by atoms with Gasteiger partial charge in [-0.15, -0.1) is 0 Å². The molecule has 0 spiro atoms. The Morgan fingerprint density at radius 3 is 2.80 bits per heavy atom. The van der Waals surface area contributed by atoms with E-state index in [1.54, 1.807) is 7.11 Å². The summed E-state index contributed by atoms with van der Waals surface area (Å²) in [6.07, 6.45) is 0.923. The lowest BCUT2D eigenvalue weighted by molar-refractivity contribution is -0.122. The van der Waals surface area contributed by atoms with E-state index in [-0.39, 0.29) is 5.91 Å². The number of carbonyl (C=O) groups excluding carboxylic acids is 1. The van der Waals surface area contributed by atoms with Crippen molar-refractivity contribution in [2.24, 2.45) is 0 Å². The Morgan fingerprint density at radius 1 is 1.36 bits per heavy atom. The van der Waals surface area contributed by atoms with Gasteiger partial charge in [0.25, 0.3) is 0 Å². The minimum atomic E-state index is 0.0111. The second-order valence-electron chi connectivity index (χ2n) is 5.99. The Balaban J connectivity index is 2.27. The van der Waals surface area contributed by atoms with Gasteiger partial charge >= 0.3 is 0 Å². The van der Waals surface area contributed by atoms with Crippen LogP contribution in [0, 0.1) is 4.77 Å². The van der Waals surface area contributed by atoms with Crippen molar-refractivity contribution in [3.63, 3.8) is 0 Å². The zero-order valence-corrected chi connectivity index (χ0v) is 16.5. The molecular formula is C17H25ClN4O2S. The minimum Gasteiger partial charge on any atom is -0.383 e. The first-order chi connectivity index (χ1) is 12.0. The SMILES string of the molecule is CCCNC(=O)CN(C)Cn1c(=S)n(CCOC)c2ccc(Cl)cc21. The van der Waals surface area contributed by atoms with Crippen molar-refractivity contribution < 1.29 is 9.53 Å². The summed E-state index contributed by atoms with van der Waals surface area (Å²) in [5, 5.41) is 3.54. The van der Waals surface area contributed by atoms with Gasteiger partial charge in [0.15, 0.2) is 4.77 Å². The number of fused-ring (bicyclic) bond motifs is 1. The number of benzene rings is 1. The van der Waals surface area contributed by atoms with Gasteiger partial charge in [0.2, 0.25) is 5.91 Å². The van der Waals surface area contributed by atoms with Crippen LogP contribution in [0.1, 0.15) is 13.3 Å². The summed E-state index contributed by atoms with van der Waals surface area (Å²) in [4.78, 5) is 13.9. The molecular weight excluding hydrogens is 360 g/mol. The number of nitrogens with one attached hydrogen (secondary N) is 1. The van der Waals surface area contributed by atoms with Crippen LogP contribution in [0.3, 0.4) is 0 Å². The molecule has 1 heterocycles. The highest BCUT2D eigenvalue weighted by Gasteiger charge is 2.14. The molecule has 6 nitrogen and oxygen atoms in total. The highest BCUT2D eigenvalue weighted by atomic mass is 35.5. The van der Waals surface area contributed by atoms with E-state index in [9.17, 15) is 4.79 Å². The standard InChI is InChI=1S/C17H25ClN4O2S/c1-4-7-19-16(23)11-20(2)12-22-15-10-13(18)5-6-14(15)21(17(22)25)8-9-24-3/h5-6,10H,4,7-9,11-12H2,1-3H3,(H,19,23). The number of hydrogen-bond acceptors (Lipinski definition) is 4. The van der Waals surface area contributed by atoms with Gasteiger partial charge in [-0.05, 0) is 43.9 Å². The number of hydrogen-bond donors (Lipinski definition) is 1. The quantitative estimate of drug-likeness (QED) is 0.675. The summed E-state index contributed by atoms with van der Waals surface area (Å²) in [6, 6.07) is 5.72. The van der Waals surface area contributed by atoms with Crippen LogP contribution in [0.2, 0.25) is 5.02 Å². The molecule has 8 heteroatoms. The largest absolute Gasteiger partial charge is 0.383 e. The Kier molecular flexibility index (Phi) is 7.43. The smallest absolute Gasteiger partial charge is 0.234 e. The summed E-state index contributed by atoms with van der Waals surface area (Å²) in [6.45, 7) is 4.79. The molecule has 0 saturated heterocycles. The maximum absolute atomic E-state index is 11.9. The maximum atomic E-state index is 11.9. The average molecular weight is 385 g/mol. The molecule has 1 amide bonds. The first kappa shape index (κ1) is 19.9. The van der Waals surface area contributed by atoms with E-state index in [1.807, 2.05) is 46.2 Å². The molecule has 25 heavy (non-hydrogen) atoms. The molecule has 0 saturated carbocycles. The number of likely N-dealkylation sites (N-methyl/N-ethyl adjacent to an activating group) is 1. The number of ether oxygens (including phenoxy) is 1. The first-order valence-electron chi connectivity index (χ1n) is 8.30. The molecule has 1 N–H and O–H groups in total. The molecule has 2 rings (SSSR count). The van der Waals surface area contributed by atoms with Crippen LogP contribution in [0.15, 0.2) is 18.2 Å². The number of carbonyl (C=O) groups is 1. The Bertz CT molecular complexity index is 787. The van der Waals surface area contributed by atoms with Gasteiger partial charge in [-0.25, -0.2) is 0 Å². The lowest BCUT2D eigenvalue weighted by Crippen LogP contribution is -2.36. The lowest BCUT2D eigenvalue weighted by Gasteiger charge is -2.17. The number of halogens is 1. The van der Waals surface area contributed by atoms with Crippen LogP contribution in [-0.4, -0.2) is 53.8 Å². The van der Waals surface area contributed by atoms with E-state index in [2.05, 4.69) is 5.32 Å². The fourth-order valence-corrected chi connectivity index (χ4v) is 3.20. The van der Waals surface area contributed by atoms with Gasteiger partial charge < -0.3 is 19.2 Å². The van der Waals surface area contributed by atoms with E-state index in [1.165, 1.54) is 0 Å². The van der Waals surface area contributed by atoms with E-state index in [0.29, 0.717) is 42.7 Å². The molecule has 0 fully saturated rings. The fourth-order valence-electron chi connectivity index (χ4n) is 2.69. The van der Waals surface area contributed by atoms with Crippen LogP contribution >= 0.6 is 23.8 Å². The van der Waals surface area contributed by atoms with Gasteiger partial charge in [0.1, 0.15) is 0 Å². The second kappa shape index (κ2) is 9.33. The third-order valence-electron chi connectivity index (χ3n) is 3.87. The van der Waals surface area contributed by atoms with E-state index in [0.717, 1.165) is 17.5 Å². The Hall–Kier alpha value is -1.41. The number of rotatable bonds is 9. The molecule has 2 aromatic rings. The molecule has 0 aliphatic rings. The summed E-state index contributed by atoms with van der Waals surface area (Å²) in [5.41, 5.74) is 1.96. The number of aromatic nitrogens is 2. The molecule has 0 aliphatic heterocycles. The molecule has 138 valence electrons. The van der Waals surface area contributed by atoms with Crippen LogP contribution in [0.25, 0.3) is 11.0 Å². The van der Waals surface area contributed by atoms with Gasteiger partial charge in [0, 0.05) is 25.2 Å². The van der Waals surface area contributed by atoms with Crippen molar-refractivity contribution in [1.82, 2.24) is 19.4 Å². The minimum absolute atomic E-state index is 0.0111. The molecule has 0 aliphatic carbocycles. The molecule has 0 atom stereocenters. The number of amides is 1. The van der Waals surface area contributed by atoms with Crippen LogP contribution in [-0.2, 0) is 22.7 Å². The van der Waals surface area contributed by atoms with Crippen molar-refractivity contribution in [1.29, 1.82) is 0 Å². The summed E-state index contributed by atoms with van der Waals surface area (Å²) in [7, 11) is 3.57. The third kappa shape index (κ3) is 5.04. The van der Waals surface area contributed by atoms with Gasteiger partial charge in [-0.2, -0.15) is 0 Å². The van der Waals surface area contributed by atoms with Crippen molar-refractivity contribution in [3.05, 3.63) is 28.0 Å². The molecule has 0 radical (unpaired) electrons. The second-order valence-corrected chi connectivity index (χ2v) is 6.80. The van der Waals surface area contributed by atoms with E-state index < -0.39 is 0 Å². The van der Waals surface area contributed by atoms with E-state index in [4.69, 9.17) is 28.6 Å². The third-order valence-corrected chi connectivity index (χ3v) is 4.54. The summed E-state index contributed by atoms with van der Waals surface area (Å²) >= 11 is 11.8. The normalized spacial score (nSPS) is 11.4. The van der Waals surface area contributed by atoms with Gasteiger partial charge in [-0.3, -0.25) is 9.69 Å². The topological polar surface area (TPSA) is 51.4 Å². The number of nitrogens with zero attached hydrogens (tertiary/aromatic N) is 3. The van der Waals surface area contributed by atoms with Crippen LogP contribution < -0.4 is 5.32 Å². The van der Waals surface area contributed by atoms with Crippen LogP contribution in [0.4, 0.5) is 0 Å². The van der Waals surface area contributed by atoms with Crippen molar-refractivity contribution in [3.8, 4) is 0 Å². The lowest BCUT2D eigenvalue weighted by atomic mass is 10.3. The highest BCUT2D eigenvalue weighted by molar-refractivity contribution is 7.71. The monoisotopic (exact) mass is 384 g/mol. The maximum Gasteiger partial charge on any atom is 0.234 e. The first-order valence-corrected chi connectivity index (χ1v) is 9.09. The summed E-state index contributed by atoms with van der Waals surface area (Å²) in [5.74, 6) is 0.0111. The van der Waals surface area contributed by atoms with Crippen molar-refractivity contribution >= 4 is 40.8 Å². The Labute approximate surface area is 158 Å². The fraction of sp³-hybridized carbons (Fsp3) is 0.529. The molecule has 0 unspecified atom stereocenters. The van der Waals surface area contributed by atoms with Gasteiger partial charge in [0.05, 0.1) is 30.9 Å².